The normalized spacial score (nSPS) is 13.4. The van der Waals surface area contributed by atoms with Crippen LogP contribution in [0.3, 0.4) is 0 Å². The van der Waals surface area contributed by atoms with Crippen LogP contribution in [-0.4, -0.2) is 42.8 Å². The molecule has 0 aliphatic carbocycles. The van der Waals surface area contributed by atoms with Crippen LogP contribution >= 0.6 is 0 Å². The van der Waals surface area contributed by atoms with Crippen LogP contribution in [0.15, 0.2) is 24.3 Å². The smallest absolute Gasteiger partial charge is 0.393 e. The van der Waals surface area contributed by atoms with Crippen LogP contribution < -0.4 is 0 Å². The molecule has 0 saturated carbocycles. The molecule has 0 fully saturated rings. The molecule has 0 amide bonds. The number of hydrogen-bond donors (Lipinski definition) is 2. The first-order chi connectivity index (χ1) is 21.7. The Labute approximate surface area is 275 Å². The Hall–Kier alpha value is -1.71. The number of unbranched alkanes of at least 4 members (excludes halogenated alkanes) is 16. The van der Waals surface area contributed by atoms with Crippen LogP contribution in [0.25, 0.3) is 0 Å². The molecule has 264 valence electrons. The van der Waals surface area contributed by atoms with E-state index in [1.54, 1.807) is 0 Å². The van der Waals surface area contributed by atoms with E-state index in [9.17, 15) is 28.2 Å². The van der Waals surface area contributed by atoms with Gasteiger partial charge in [0.1, 0.15) is 0 Å². The van der Waals surface area contributed by atoms with Gasteiger partial charge in [0.25, 0.3) is 0 Å². The van der Waals surface area contributed by atoms with E-state index in [1.807, 2.05) is 0 Å². The third-order valence-electron chi connectivity index (χ3n) is 7.82. The summed E-state index contributed by atoms with van der Waals surface area (Å²) in [4.78, 5) is 23.8. The third-order valence-corrected chi connectivity index (χ3v) is 8.60. The highest BCUT2D eigenvalue weighted by molar-refractivity contribution is 7.82. The van der Waals surface area contributed by atoms with Crippen LogP contribution in [0, 0.1) is 0 Å². The van der Waals surface area contributed by atoms with Crippen LogP contribution in [0.5, 0.6) is 0 Å². The predicted octanol–water partition coefficient (Wildman–Crippen LogP) is 9.33. The van der Waals surface area contributed by atoms with Crippen molar-refractivity contribution in [3.05, 3.63) is 24.3 Å². The van der Waals surface area contributed by atoms with E-state index in [4.69, 9.17) is 0 Å². The molecule has 0 bridgehead atoms. The van der Waals surface area contributed by atoms with Gasteiger partial charge in [-0.05, 0) is 64.2 Å². The molecular weight excluding hydrogens is 592 g/mol. The van der Waals surface area contributed by atoms with Crippen molar-refractivity contribution in [2.75, 3.05) is 0 Å². The molecule has 2 atom stereocenters. The zero-order valence-electron chi connectivity index (χ0n) is 28.6. The van der Waals surface area contributed by atoms with Gasteiger partial charge < -0.3 is 18.6 Å². The number of aliphatic hydroxyl groups is 2. The Bertz CT molecular complexity index is 804. The summed E-state index contributed by atoms with van der Waals surface area (Å²) in [7, 11) is -4.68. The summed E-state index contributed by atoms with van der Waals surface area (Å²) in [6.45, 7) is 4.36. The molecule has 45 heavy (non-hydrogen) atoms. The molecule has 0 heterocycles. The minimum absolute atomic E-state index is 0.0400. The van der Waals surface area contributed by atoms with E-state index < -0.39 is 22.3 Å². The fourth-order valence-corrected chi connectivity index (χ4v) is 5.70. The van der Waals surface area contributed by atoms with Gasteiger partial charge in [-0.1, -0.05) is 128 Å². The molecule has 0 aromatic carbocycles. The summed E-state index contributed by atoms with van der Waals surface area (Å²) in [5.74, 6) is -1.82. The summed E-state index contributed by atoms with van der Waals surface area (Å²) >= 11 is 0. The Kier molecular flexibility index (Phi) is 29.7. The largest absolute Gasteiger partial charge is 0.506 e. The summed E-state index contributed by atoms with van der Waals surface area (Å²) in [6.07, 6.45) is 30.8. The summed E-state index contributed by atoms with van der Waals surface area (Å²) in [5.41, 5.74) is 0. The van der Waals surface area contributed by atoms with Gasteiger partial charge in [-0.2, -0.15) is 0 Å². The molecule has 0 aliphatic rings. The van der Waals surface area contributed by atoms with Crippen molar-refractivity contribution in [1.29, 1.82) is 0 Å². The van der Waals surface area contributed by atoms with E-state index in [2.05, 4.69) is 46.5 Å². The average Bonchev–Trinajstić information content (AvgIpc) is 2.98. The maximum absolute atomic E-state index is 11.9. The van der Waals surface area contributed by atoms with Crippen molar-refractivity contribution >= 4 is 22.3 Å². The number of aliphatic hydroxyl groups excluding tert-OH is 2. The molecule has 0 aromatic rings. The van der Waals surface area contributed by atoms with Gasteiger partial charge in [0, 0.05) is 12.8 Å². The fourth-order valence-electron chi connectivity index (χ4n) is 5.04. The molecule has 0 radical (unpaired) electrons. The molecule has 0 saturated heterocycles. The van der Waals surface area contributed by atoms with Crippen molar-refractivity contribution in [2.45, 2.75) is 193 Å². The Balaban J connectivity index is 3.72. The van der Waals surface area contributed by atoms with Crippen molar-refractivity contribution < 1.29 is 36.6 Å². The lowest BCUT2D eigenvalue weighted by atomic mass is 10.1. The standard InChI is InChI=1S/C36H66O8S/c1-3-5-7-21-27-33(37)29-23-17-13-9-11-15-19-25-31-35(39)43-45(41,42)44-36(40)32-26-20-16-12-10-14-18-24-30-34(38)28-22-8-6-4-2/h17-18,23-24,33-34,37-38H,3-16,19-22,25-32H2,1-2H3/b23-17-,24-18-/t33-,34-/m1/s1. The van der Waals surface area contributed by atoms with Gasteiger partial charge in [0.15, 0.2) is 0 Å². The van der Waals surface area contributed by atoms with Gasteiger partial charge in [-0.25, -0.2) is 0 Å². The zero-order valence-corrected chi connectivity index (χ0v) is 29.4. The topological polar surface area (TPSA) is 127 Å². The number of rotatable bonds is 32. The highest BCUT2D eigenvalue weighted by Crippen LogP contribution is 2.14. The van der Waals surface area contributed by atoms with Crippen LogP contribution in [0.4, 0.5) is 0 Å². The van der Waals surface area contributed by atoms with Gasteiger partial charge in [0.05, 0.1) is 12.2 Å². The fraction of sp³-hybridized carbons (Fsp3) is 0.833. The second kappa shape index (κ2) is 30.9. The van der Waals surface area contributed by atoms with Gasteiger partial charge in [-0.15, -0.1) is 8.42 Å². The van der Waals surface area contributed by atoms with E-state index in [0.717, 1.165) is 89.9 Å². The summed E-state index contributed by atoms with van der Waals surface area (Å²) in [5, 5.41) is 19.9. The van der Waals surface area contributed by atoms with Crippen molar-refractivity contribution in [1.82, 2.24) is 0 Å². The maximum Gasteiger partial charge on any atom is 0.506 e. The van der Waals surface area contributed by atoms with Gasteiger partial charge in [0.2, 0.25) is 0 Å². The number of carbonyl (C=O) groups is 2. The van der Waals surface area contributed by atoms with Gasteiger partial charge >= 0.3 is 22.3 Å². The van der Waals surface area contributed by atoms with Crippen molar-refractivity contribution in [3.8, 4) is 0 Å². The molecule has 0 rings (SSSR count). The first-order valence-electron chi connectivity index (χ1n) is 18.1. The Morgan fingerprint density at radius 3 is 1.29 bits per heavy atom. The molecule has 0 unspecified atom stereocenters. The number of carbonyl (C=O) groups excluding carboxylic acids is 2. The lowest BCUT2D eigenvalue weighted by Crippen LogP contribution is -2.19. The number of allylic oxidation sites excluding steroid dienone is 2. The zero-order chi connectivity index (χ0) is 33.4. The Morgan fingerprint density at radius 1 is 0.533 bits per heavy atom. The highest BCUT2D eigenvalue weighted by Gasteiger charge is 2.22. The summed E-state index contributed by atoms with van der Waals surface area (Å²) < 4.78 is 32.6. The second-order valence-electron chi connectivity index (χ2n) is 12.4. The third kappa shape index (κ3) is 32.0. The van der Waals surface area contributed by atoms with Crippen molar-refractivity contribution in [3.63, 3.8) is 0 Å². The molecule has 0 aliphatic heterocycles. The molecular formula is C36H66O8S. The average molecular weight is 659 g/mol. The molecule has 0 spiro atoms. The van der Waals surface area contributed by atoms with Crippen LogP contribution in [0.1, 0.15) is 181 Å². The first-order valence-corrected chi connectivity index (χ1v) is 19.4. The van der Waals surface area contributed by atoms with Gasteiger partial charge in [-0.3, -0.25) is 9.59 Å². The van der Waals surface area contributed by atoms with Crippen molar-refractivity contribution in [2.24, 2.45) is 0 Å². The van der Waals surface area contributed by atoms with E-state index >= 15 is 0 Å². The molecule has 9 heteroatoms. The highest BCUT2D eigenvalue weighted by atomic mass is 32.3. The lowest BCUT2D eigenvalue weighted by Gasteiger charge is -2.07. The SMILES string of the molecule is CCCCCC[C@@H](O)C/C=C\CCCCCCCC(=O)OS(=O)(=O)OC(=O)CCCCCCC/C=C\C[C@H](O)CCCCCC. The molecule has 8 nitrogen and oxygen atoms in total. The van der Waals surface area contributed by atoms with Crippen LogP contribution in [0.2, 0.25) is 0 Å². The Morgan fingerprint density at radius 2 is 0.889 bits per heavy atom. The molecule has 0 aromatic heterocycles. The van der Waals surface area contributed by atoms with E-state index in [1.165, 1.54) is 38.5 Å². The monoisotopic (exact) mass is 658 g/mol. The predicted molar refractivity (Wildman–Crippen MR) is 183 cm³/mol. The van der Waals surface area contributed by atoms with Crippen LogP contribution in [-0.2, 0) is 28.4 Å². The minimum atomic E-state index is -4.68. The quantitative estimate of drug-likeness (QED) is 0.0541. The maximum atomic E-state index is 11.9. The van der Waals surface area contributed by atoms with E-state index in [0.29, 0.717) is 25.7 Å². The lowest BCUT2D eigenvalue weighted by molar-refractivity contribution is -0.138. The first kappa shape index (κ1) is 43.3. The van der Waals surface area contributed by atoms with E-state index in [-0.39, 0.29) is 25.0 Å². The molecule has 2 N–H and O–H groups in total. The minimum Gasteiger partial charge on any atom is -0.393 e. The second-order valence-corrected chi connectivity index (χ2v) is 13.5. The summed E-state index contributed by atoms with van der Waals surface area (Å²) in [6, 6.07) is 0. The number of hydrogen-bond acceptors (Lipinski definition) is 8.